The summed E-state index contributed by atoms with van der Waals surface area (Å²) < 4.78 is 25.9. The quantitative estimate of drug-likeness (QED) is 0.355. The number of carboxylic acid groups (broad SMARTS) is 1. The predicted molar refractivity (Wildman–Crippen MR) is 137 cm³/mol. The lowest BCUT2D eigenvalue weighted by atomic mass is 10.1. The van der Waals surface area contributed by atoms with E-state index in [0.29, 0.717) is 24.5 Å². The molecule has 0 unspecified atom stereocenters. The number of anilines is 2. The van der Waals surface area contributed by atoms with Gasteiger partial charge in [-0.2, -0.15) is 5.10 Å². The second-order valence-electron chi connectivity index (χ2n) is 8.52. The van der Waals surface area contributed by atoms with Crippen LogP contribution in [0.1, 0.15) is 24.0 Å². The molecule has 1 saturated heterocycles. The van der Waals surface area contributed by atoms with Crippen molar-refractivity contribution in [2.45, 2.75) is 23.0 Å². The molecule has 0 saturated carbocycles. The second-order valence-corrected chi connectivity index (χ2v) is 10.7. The van der Waals surface area contributed by atoms with Crippen molar-refractivity contribution in [1.29, 1.82) is 0 Å². The Morgan fingerprint density at radius 1 is 1.03 bits per heavy atom. The van der Waals surface area contributed by atoms with E-state index in [2.05, 4.69) is 25.5 Å². The van der Waals surface area contributed by atoms with Crippen molar-refractivity contribution in [3.05, 3.63) is 72.2 Å². The van der Waals surface area contributed by atoms with Crippen molar-refractivity contribution in [3.8, 4) is 0 Å². The molecule has 184 valence electrons. The van der Waals surface area contributed by atoms with Crippen LogP contribution in [0.25, 0.3) is 23.1 Å². The zero-order chi connectivity index (χ0) is 25.1. The Labute approximate surface area is 207 Å². The van der Waals surface area contributed by atoms with Crippen LogP contribution in [0.5, 0.6) is 0 Å². The van der Waals surface area contributed by atoms with Gasteiger partial charge in [-0.3, -0.25) is 5.10 Å². The van der Waals surface area contributed by atoms with Gasteiger partial charge in [0.25, 0.3) is 0 Å². The number of hydrogen-bond donors (Lipinski definition) is 3. The molecule has 1 aliphatic heterocycles. The maximum atomic E-state index is 13.0. The summed E-state index contributed by atoms with van der Waals surface area (Å²) in [5.41, 5.74) is 3.49. The average Bonchev–Trinajstić information content (AvgIpc) is 3.38. The lowest BCUT2D eigenvalue weighted by Crippen LogP contribution is -2.41. The van der Waals surface area contributed by atoms with Crippen LogP contribution in [-0.4, -0.2) is 63.0 Å². The van der Waals surface area contributed by atoms with Gasteiger partial charge in [-0.05, 0) is 48.7 Å². The van der Waals surface area contributed by atoms with E-state index in [1.807, 2.05) is 30.4 Å². The van der Waals surface area contributed by atoms with Crippen LogP contribution in [0, 0.1) is 0 Å². The summed E-state index contributed by atoms with van der Waals surface area (Å²) in [6, 6.07) is 12.4. The number of aromatic amines is 1. The fraction of sp³-hybridized carbons (Fsp3) is 0.200. The number of piperidine rings is 1. The number of benzene rings is 2. The van der Waals surface area contributed by atoms with Crippen LogP contribution in [0.4, 0.5) is 16.4 Å². The van der Waals surface area contributed by atoms with E-state index >= 15 is 0 Å². The molecule has 10 nitrogen and oxygen atoms in total. The lowest BCUT2D eigenvalue weighted by Gasteiger charge is -2.29. The molecule has 3 N–H and O–H groups in total. The molecule has 1 amide bonds. The van der Waals surface area contributed by atoms with Gasteiger partial charge in [0.05, 0.1) is 21.9 Å². The van der Waals surface area contributed by atoms with Gasteiger partial charge in [-0.25, -0.2) is 23.2 Å². The van der Waals surface area contributed by atoms with Gasteiger partial charge in [-0.1, -0.05) is 24.3 Å². The van der Waals surface area contributed by atoms with Crippen LogP contribution >= 0.6 is 0 Å². The lowest BCUT2D eigenvalue weighted by molar-refractivity contribution is 0.136. The number of sulfone groups is 1. The molecule has 1 fully saturated rings. The third-order valence-electron chi connectivity index (χ3n) is 6.24. The smallest absolute Gasteiger partial charge is 0.407 e. The number of rotatable bonds is 6. The molecule has 3 heterocycles. The van der Waals surface area contributed by atoms with Crippen molar-refractivity contribution >= 4 is 50.6 Å². The topological polar surface area (TPSA) is 141 Å². The van der Waals surface area contributed by atoms with E-state index in [9.17, 15) is 13.2 Å². The van der Waals surface area contributed by atoms with E-state index in [4.69, 9.17) is 5.11 Å². The molecule has 11 heteroatoms. The number of H-pyrrole nitrogens is 1. The van der Waals surface area contributed by atoms with Crippen LogP contribution in [0.3, 0.4) is 0 Å². The highest BCUT2D eigenvalue weighted by Crippen LogP contribution is 2.26. The number of fused-ring (bicyclic) bond motifs is 1. The number of amides is 1. The molecule has 1 aliphatic rings. The summed E-state index contributed by atoms with van der Waals surface area (Å²) in [6.45, 7) is 0.445. The first-order valence-electron chi connectivity index (χ1n) is 11.4. The zero-order valence-corrected chi connectivity index (χ0v) is 20.0. The number of carbonyl (C=O) groups is 1. The average molecular weight is 505 g/mol. The first-order valence-corrected chi connectivity index (χ1v) is 13.0. The van der Waals surface area contributed by atoms with Crippen molar-refractivity contribution < 1.29 is 18.3 Å². The molecule has 36 heavy (non-hydrogen) atoms. The molecule has 2 aromatic carbocycles. The Kier molecular flexibility index (Phi) is 6.38. The van der Waals surface area contributed by atoms with Crippen LogP contribution in [-0.2, 0) is 9.84 Å². The molecule has 2 aromatic heterocycles. The highest BCUT2D eigenvalue weighted by atomic mass is 32.2. The third-order valence-corrected chi connectivity index (χ3v) is 8.51. The fourth-order valence-electron chi connectivity index (χ4n) is 4.22. The van der Waals surface area contributed by atoms with E-state index in [-0.39, 0.29) is 18.0 Å². The van der Waals surface area contributed by atoms with Crippen LogP contribution in [0.2, 0.25) is 0 Å². The number of aromatic nitrogens is 4. The largest absolute Gasteiger partial charge is 0.465 e. The third kappa shape index (κ3) is 4.91. The standard InChI is InChI=1S/C25H24N6O4S/c32-25(33)31-12-10-21(11-13-31)36(34,35)20-8-6-19(7-9-20)29-24-26-14-17(15-27-24)4-5-18-2-1-3-23-22(18)16-28-30-23/h1-9,14-16,21H,10-13H2,(H,28,30)(H,32,33)(H,26,27,29). The molecule has 0 radical (unpaired) electrons. The Morgan fingerprint density at radius 3 is 2.44 bits per heavy atom. The van der Waals surface area contributed by atoms with Gasteiger partial charge in [0.2, 0.25) is 5.95 Å². The first-order chi connectivity index (χ1) is 17.4. The minimum absolute atomic E-state index is 0.218. The van der Waals surface area contributed by atoms with Gasteiger partial charge in [0.1, 0.15) is 0 Å². The number of likely N-dealkylation sites (tertiary alicyclic amines) is 1. The summed E-state index contributed by atoms with van der Waals surface area (Å²) in [5, 5.41) is 19.6. The molecule has 5 rings (SSSR count). The Balaban J connectivity index is 1.22. The van der Waals surface area contributed by atoms with Gasteiger partial charge in [0.15, 0.2) is 9.84 Å². The zero-order valence-electron chi connectivity index (χ0n) is 19.2. The van der Waals surface area contributed by atoms with Crippen molar-refractivity contribution in [2.24, 2.45) is 0 Å². The summed E-state index contributed by atoms with van der Waals surface area (Å²) in [7, 11) is -3.54. The molecule has 0 atom stereocenters. The maximum absolute atomic E-state index is 13.0. The fourth-order valence-corrected chi connectivity index (χ4v) is 5.95. The Hall–Kier alpha value is -4.25. The second kappa shape index (κ2) is 9.78. The summed E-state index contributed by atoms with van der Waals surface area (Å²) in [5.74, 6) is 0.390. The minimum Gasteiger partial charge on any atom is -0.465 e. The summed E-state index contributed by atoms with van der Waals surface area (Å²) >= 11 is 0. The van der Waals surface area contributed by atoms with Crippen molar-refractivity contribution in [3.63, 3.8) is 0 Å². The first kappa shape index (κ1) is 23.5. The van der Waals surface area contributed by atoms with Gasteiger partial charge < -0.3 is 15.3 Å². The van der Waals surface area contributed by atoms with E-state index in [0.717, 1.165) is 22.0 Å². The number of hydrogen-bond acceptors (Lipinski definition) is 7. The van der Waals surface area contributed by atoms with Crippen LogP contribution < -0.4 is 5.32 Å². The summed E-state index contributed by atoms with van der Waals surface area (Å²) in [6.07, 6.45) is 8.66. The Morgan fingerprint density at radius 2 is 1.75 bits per heavy atom. The van der Waals surface area contributed by atoms with E-state index < -0.39 is 21.2 Å². The van der Waals surface area contributed by atoms with Crippen molar-refractivity contribution in [2.75, 3.05) is 18.4 Å². The van der Waals surface area contributed by atoms with E-state index in [1.165, 1.54) is 4.90 Å². The highest BCUT2D eigenvalue weighted by Gasteiger charge is 2.32. The molecule has 0 spiro atoms. The normalized spacial score (nSPS) is 14.9. The maximum Gasteiger partial charge on any atom is 0.407 e. The van der Waals surface area contributed by atoms with Gasteiger partial charge >= 0.3 is 6.09 Å². The molecular formula is C25H24N6O4S. The Bertz CT molecular complexity index is 1510. The van der Waals surface area contributed by atoms with Gasteiger partial charge in [-0.15, -0.1) is 0 Å². The molecule has 0 aliphatic carbocycles. The van der Waals surface area contributed by atoms with E-state index in [1.54, 1.807) is 42.9 Å². The highest BCUT2D eigenvalue weighted by molar-refractivity contribution is 7.92. The van der Waals surface area contributed by atoms with Crippen LogP contribution in [0.15, 0.2) is 66.0 Å². The molecule has 0 bridgehead atoms. The SMILES string of the molecule is O=C(O)N1CCC(S(=O)(=O)c2ccc(Nc3ncc(C=Cc4cccc5[nH]ncc45)cn3)cc2)CC1. The monoisotopic (exact) mass is 504 g/mol. The minimum atomic E-state index is -3.54. The van der Waals surface area contributed by atoms with Gasteiger partial charge in [0, 0.05) is 42.1 Å². The predicted octanol–water partition coefficient (Wildman–Crippen LogP) is 4.18. The number of nitrogens with one attached hydrogen (secondary N) is 2. The summed E-state index contributed by atoms with van der Waals surface area (Å²) in [4.78, 5) is 21.2. The van der Waals surface area contributed by atoms with Crippen molar-refractivity contribution in [1.82, 2.24) is 25.1 Å². The molecular weight excluding hydrogens is 480 g/mol. The molecule has 4 aromatic rings. The number of nitrogens with zero attached hydrogens (tertiary/aromatic N) is 4.